The standard InChI is InChI=1S/C28H32F3N7O2/c1-18-13-36(7-8-40-18)14-19-9-23(28(29,30)31)24-16-37(26(39)38(24)15-19)22-6-4-5-20(10-22)27(11-21(12-27)32-2)25-34-33-17-35(25)3/h4-6,9-10,15-18,21,32H,7-8,11-14H2,1-3H3/t18-,21?,27?/m1/s1. The monoisotopic (exact) mass is 555 g/mol. The van der Waals surface area contributed by atoms with Crippen molar-refractivity contribution >= 4 is 5.52 Å². The van der Waals surface area contributed by atoms with Gasteiger partial charge in [0.05, 0.1) is 34.9 Å². The molecule has 1 aromatic carbocycles. The third-order valence-corrected chi connectivity index (χ3v) is 8.27. The molecule has 1 atom stereocenters. The third kappa shape index (κ3) is 4.53. The van der Waals surface area contributed by atoms with Crippen molar-refractivity contribution in [1.82, 2.24) is 33.9 Å². The first kappa shape index (κ1) is 26.7. The molecule has 1 N–H and O–H groups in total. The second-order valence-electron chi connectivity index (χ2n) is 11.0. The second kappa shape index (κ2) is 9.86. The lowest BCUT2D eigenvalue weighted by Gasteiger charge is -2.47. The predicted octanol–water partition coefficient (Wildman–Crippen LogP) is 3.13. The van der Waals surface area contributed by atoms with Gasteiger partial charge in [-0.05, 0) is 56.1 Å². The summed E-state index contributed by atoms with van der Waals surface area (Å²) in [6.07, 6.45) is 1.42. The lowest BCUT2D eigenvalue weighted by atomic mass is 9.61. The van der Waals surface area contributed by atoms with Gasteiger partial charge in [-0.2, -0.15) is 13.2 Å². The lowest BCUT2D eigenvalue weighted by Crippen LogP contribution is -2.52. The van der Waals surface area contributed by atoms with Crippen LogP contribution in [0.4, 0.5) is 13.2 Å². The first-order valence-electron chi connectivity index (χ1n) is 13.4. The molecule has 3 aromatic heterocycles. The highest BCUT2D eigenvalue weighted by molar-refractivity contribution is 5.58. The zero-order chi connectivity index (χ0) is 28.2. The average Bonchev–Trinajstić information content (AvgIpc) is 3.46. The number of aryl methyl sites for hydroxylation is 1. The number of rotatable bonds is 6. The van der Waals surface area contributed by atoms with Gasteiger partial charge in [-0.25, -0.2) is 4.79 Å². The van der Waals surface area contributed by atoms with Crippen molar-refractivity contribution in [2.75, 3.05) is 26.7 Å². The van der Waals surface area contributed by atoms with Crippen molar-refractivity contribution in [3.8, 4) is 5.69 Å². The van der Waals surface area contributed by atoms with E-state index in [1.54, 1.807) is 12.4 Å². The molecule has 0 radical (unpaired) electrons. The van der Waals surface area contributed by atoms with Crippen molar-refractivity contribution in [2.45, 2.75) is 50.0 Å². The summed E-state index contributed by atoms with van der Waals surface area (Å²) in [6, 6.07) is 8.89. The van der Waals surface area contributed by atoms with Gasteiger partial charge in [-0.3, -0.25) is 13.9 Å². The van der Waals surface area contributed by atoms with Crippen LogP contribution in [-0.4, -0.2) is 67.5 Å². The summed E-state index contributed by atoms with van der Waals surface area (Å²) in [5.41, 5.74) is -0.114. The Morgan fingerprint density at radius 3 is 2.67 bits per heavy atom. The first-order valence-corrected chi connectivity index (χ1v) is 13.4. The minimum atomic E-state index is -4.62. The van der Waals surface area contributed by atoms with Gasteiger partial charge in [-0.15, -0.1) is 10.2 Å². The largest absolute Gasteiger partial charge is 0.418 e. The summed E-state index contributed by atoms with van der Waals surface area (Å²) in [4.78, 5) is 15.7. The third-order valence-electron chi connectivity index (χ3n) is 8.27. The van der Waals surface area contributed by atoms with Gasteiger partial charge in [0.25, 0.3) is 0 Å². The van der Waals surface area contributed by atoms with E-state index >= 15 is 0 Å². The summed E-state index contributed by atoms with van der Waals surface area (Å²) in [5, 5.41) is 11.8. The fourth-order valence-corrected chi connectivity index (χ4v) is 6.24. The molecule has 1 aliphatic heterocycles. The molecule has 2 aliphatic rings. The van der Waals surface area contributed by atoms with Crippen LogP contribution in [0.15, 0.2) is 53.8 Å². The molecule has 212 valence electrons. The van der Waals surface area contributed by atoms with E-state index in [0.29, 0.717) is 43.5 Å². The molecule has 1 saturated carbocycles. The van der Waals surface area contributed by atoms with E-state index in [0.717, 1.165) is 34.7 Å². The number of fused-ring (bicyclic) bond motifs is 1. The fraction of sp³-hybridized carbons (Fsp3) is 0.464. The molecular formula is C28H32F3N7O2. The summed E-state index contributed by atoms with van der Waals surface area (Å²) < 4.78 is 52.6. The van der Waals surface area contributed by atoms with Crippen LogP contribution in [0.25, 0.3) is 11.2 Å². The zero-order valence-electron chi connectivity index (χ0n) is 22.6. The van der Waals surface area contributed by atoms with Crippen LogP contribution in [-0.2, 0) is 29.9 Å². The minimum Gasteiger partial charge on any atom is -0.376 e. The Bertz CT molecular complexity index is 1600. The Balaban J connectivity index is 1.43. The highest BCUT2D eigenvalue weighted by atomic mass is 19.4. The SMILES string of the molecule is CNC1CC(c2cccc(-n3cc4c(C(F)(F)F)cc(CN5CCO[C@H](C)C5)cn4c3=O)c2)(c2nncn2C)C1. The fourth-order valence-electron chi connectivity index (χ4n) is 6.24. The molecule has 0 amide bonds. The van der Waals surface area contributed by atoms with Crippen LogP contribution in [0.5, 0.6) is 0 Å². The molecule has 0 bridgehead atoms. The van der Waals surface area contributed by atoms with Gasteiger partial charge in [0.1, 0.15) is 12.2 Å². The van der Waals surface area contributed by atoms with E-state index in [1.165, 1.54) is 17.0 Å². The Morgan fingerprint density at radius 1 is 1.20 bits per heavy atom. The van der Waals surface area contributed by atoms with Gasteiger partial charge < -0.3 is 14.6 Å². The number of halogens is 3. The maximum atomic E-state index is 14.2. The maximum absolute atomic E-state index is 14.2. The highest BCUT2D eigenvalue weighted by Crippen LogP contribution is 2.48. The molecule has 4 aromatic rings. The average molecular weight is 556 g/mol. The van der Waals surface area contributed by atoms with Crippen LogP contribution >= 0.6 is 0 Å². The number of ether oxygens (including phenoxy) is 1. The number of morpholine rings is 1. The summed E-state index contributed by atoms with van der Waals surface area (Å²) in [6.45, 7) is 3.99. The van der Waals surface area contributed by atoms with Crippen molar-refractivity contribution in [2.24, 2.45) is 7.05 Å². The Hall–Kier alpha value is -3.48. The molecule has 2 fully saturated rings. The quantitative estimate of drug-likeness (QED) is 0.394. The second-order valence-corrected chi connectivity index (χ2v) is 11.0. The highest BCUT2D eigenvalue weighted by Gasteiger charge is 2.49. The Morgan fingerprint density at radius 2 is 2.00 bits per heavy atom. The van der Waals surface area contributed by atoms with E-state index in [1.807, 2.05) is 48.7 Å². The number of pyridine rings is 1. The van der Waals surface area contributed by atoms with Gasteiger partial charge in [-0.1, -0.05) is 12.1 Å². The van der Waals surface area contributed by atoms with E-state index in [2.05, 4.69) is 15.5 Å². The van der Waals surface area contributed by atoms with Gasteiger partial charge in [0.15, 0.2) is 0 Å². The molecule has 40 heavy (non-hydrogen) atoms. The Kier molecular flexibility index (Phi) is 6.59. The number of hydrogen-bond acceptors (Lipinski definition) is 6. The van der Waals surface area contributed by atoms with Crippen molar-refractivity contribution in [3.63, 3.8) is 0 Å². The summed E-state index contributed by atoms with van der Waals surface area (Å²) in [7, 11) is 3.81. The van der Waals surface area contributed by atoms with Crippen LogP contribution in [0.2, 0.25) is 0 Å². The number of alkyl halides is 3. The normalized spacial score (nSPS) is 23.9. The topological polar surface area (TPSA) is 81.6 Å². The zero-order valence-corrected chi connectivity index (χ0v) is 22.6. The molecule has 4 heterocycles. The molecule has 6 rings (SSSR count). The Labute approximate surface area is 229 Å². The molecular weight excluding hydrogens is 523 g/mol. The van der Waals surface area contributed by atoms with E-state index in [9.17, 15) is 18.0 Å². The summed E-state index contributed by atoms with van der Waals surface area (Å²) in [5.74, 6) is 0.812. The number of imidazole rings is 1. The lowest BCUT2D eigenvalue weighted by molar-refractivity contribution is -0.136. The molecule has 9 nitrogen and oxygen atoms in total. The number of nitrogens with one attached hydrogen (secondary N) is 1. The van der Waals surface area contributed by atoms with Crippen LogP contribution in [0.3, 0.4) is 0 Å². The first-order chi connectivity index (χ1) is 19.1. The summed E-state index contributed by atoms with van der Waals surface area (Å²) >= 11 is 0. The van der Waals surface area contributed by atoms with Gasteiger partial charge >= 0.3 is 11.9 Å². The van der Waals surface area contributed by atoms with E-state index in [-0.39, 0.29) is 11.6 Å². The van der Waals surface area contributed by atoms with Crippen LogP contribution in [0.1, 0.15) is 42.3 Å². The predicted molar refractivity (Wildman–Crippen MR) is 143 cm³/mol. The molecule has 1 saturated heterocycles. The van der Waals surface area contributed by atoms with Crippen LogP contribution in [0, 0.1) is 0 Å². The number of hydrogen-bond donors (Lipinski definition) is 1. The van der Waals surface area contributed by atoms with Crippen LogP contribution < -0.4 is 11.0 Å². The van der Waals surface area contributed by atoms with Gasteiger partial charge in [0, 0.05) is 45.1 Å². The molecule has 0 spiro atoms. The molecule has 1 aliphatic carbocycles. The number of benzene rings is 1. The minimum absolute atomic E-state index is 0.000422. The van der Waals surface area contributed by atoms with Crippen molar-refractivity contribution < 1.29 is 17.9 Å². The smallest absolute Gasteiger partial charge is 0.376 e. The van der Waals surface area contributed by atoms with Gasteiger partial charge in [0.2, 0.25) is 0 Å². The number of nitrogens with zero attached hydrogens (tertiary/aromatic N) is 6. The van der Waals surface area contributed by atoms with Crippen molar-refractivity contribution in [3.05, 3.63) is 82.1 Å². The van der Waals surface area contributed by atoms with Crippen molar-refractivity contribution in [1.29, 1.82) is 0 Å². The molecule has 0 unspecified atom stereocenters. The maximum Gasteiger partial charge on any atom is 0.418 e. The van der Waals surface area contributed by atoms with E-state index < -0.39 is 22.8 Å². The molecule has 12 heteroatoms. The van der Waals surface area contributed by atoms with E-state index in [4.69, 9.17) is 4.74 Å². The number of aromatic nitrogens is 5.